The van der Waals surface area contributed by atoms with Gasteiger partial charge in [0.2, 0.25) is 5.91 Å². The van der Waals surface area contributed by atoms with Crippen LogP contribution < -0.4 is 10.2 Å². The van der Waals surface area contributed by atoms with Crippen molar-refractivity contribution in [2.45, 2.75) is 32.2 Å². The molecule has 2 aromatic heterocycles. The molecule has 0 bridgehead atoms. The van der Waals surface area contributed by atoms with E-state index < -0.39 is 0 Å². The van der Waals surface area contributed by atoms with Crippen LogP contribution in [0.2, 0.25) is 0 Å². The number of aromatic amines is 1. The minimum absolute atomic E-state index is 0.131. The third kappa shape index (κ3) is 6.52. The van der Waals surface area contributed by atoms with Crippen LogP contribution in [0.25, 0.3) is 22.6 Å². The molecule has 39 heavy (non-hydrogen) atoms. The molecule has 206 valence electrons. The average Bonchev–Trinajstić information content (AvgIpc) is 3.40. The summed E-state index contributed by atoms with van der Waals surface area (Å²) < 4.78 is 6.29. The number of imidazole rings is 1. The highest BCUT2D eigenvalue weighted by Crippen LogP contribution is 2.33. The van der Waals surface area contributed by atoms with Crippen LogP contribution in [0.15, 0.2) is 34.9 Å². The molecule has 0 saturated carbocycles. The number of anilines is 2. The van der Waals surface area contributed by atoms with Crippen molar-refractivity contribution in [3.05, 3.63) is 34.9 Å². The van der Waals surface area contributed by atoms with Crippen LogP contribution in [0, 0.1) is 11.3 Å². The summed E-state index contributed by atoms with van der Waals surface area (Å²) in [5.74, 6) is 0.889. The molecule has 2 N–H and O–H groups in total. The van der Waals surface area contributed by atoms with E-state index in [0.29, 0.717) is 45.3 Å². The predicted octanol–water partition coefficient (Wildman–Crippen LogP) is 3.86. The number of fused-ring (bicyclic) bond motifs is 1. The molecule has 2 aliphatic heterocycles. The maximum absolute atomic E-state index is 12.6. The van der Waals surface area contributed by atoms with Gasteiger partial charge in [0.05, 0.1) is 29.4 Å². The molecule has 10 nitrogen and oxygen atoms in total. The van der Waals surface area contributed by atoms with Crippen LogP contribution in [0.1, 0.15) is 26.2 Å². The molecule has 3 aromatic rings. The summed E-state index contributed by atoms with van der Waals surface area (Å²) in [4.78, 5) is 31.8. The Morgan fingerprint density at radius 3 is 2.69 bits per heavy atom. The minimum atomic E-state index is 0.131. The summed E-state index contributed by atoms with van der Waals surface area (Å²) >= 11 is 3.67. The maximum atomic E-state index is 12.6. The largest absolute Gasteiger partial charge is 0.380 e. The first-order valence-corrected chi connectivity index (χ1v) is 14.5. The topological polar surface area (TPSA) is 113 Å². The third-order valence-corrected chi connectivity index (χ3v) is 8.08. The molecule has 0 unspecified atom stereocenters. The number of rotatable bonds is 10. The third-order valence-electron chi connectivity index (χ3n) is 7.48. The lowest BCUT2D eigenvalue weighted by Crippen LogP contribution is -2.51. The van der Waals surface area contributed by atoms with Gasteiger partial charge in [-0.05, 0) is 60.0 Å². The van der Waals surface area contributed by atoms with E-state index in [1.165, 1.54) is 0 Å². The van der Waals surface area contributed by atoms with Gasteiger partial charge in [0, 0.05) is 75.8 Å². The number of nitriles is 1. The van der Waals surface area contributed by atoms with Crippen molar-refractivity contribution in [3.63, 3.8) is 0 Å². The van der Waals surface area contributed by atoms with E-state index in [9.17, 15) is 4.79 Å². The number of H-pyrrole nitrogens is 1. The number of nitrogens with one attached hydrogen (secondary N) is 2. The van der Waals surface area contributed by atoms with Gasteiger partial charge in [0.1, 0.15) is 11.3 Å². The minimum Gasteiger partial charge on any atom is -0.380 e. The molecule has 0 aliphatic carbocycles. The Kier molecular flexibility index (Phi) is 8.96. The number of piperazine rings is 1. The number of aromatic nitrogens is 3. The van der Waals surface area contributed by atoms with Gasteiger partial charge >= 0.3 is 0 Å². The number of amides is 1. The molecular weight excluding hydrogens is 560 g/mol. The van der Waals surface area contributed by atoms with Gasteiger partial charge in [-0.2, -0.15) is 5.26 Å². The summed E-state index contributed by atoms with van der Waals surface area (Å²) in [5.41, 5.74) is 4.49. The van der Waals surface area contributed by atoms with Gasteiger partial charge in [-0.25, -0.2) is 9.97 Å². The molecule has 1 amide bonds. The van der Waals surface area contributed by atoms with E-state index in [1.54, 1.807) is 0 Å². The summed E-state index contributed by atoms with van der Waals surface area (Å²) in [6.07, 6.45) is 4.42. The molecule has 0 spiro atoms. The summed E-state index contributed by atoms with van der Waals surface area (Å²) in [6, 6.07) is 10.8. The smallest absolute Gasteiger partial charge is 0.242 e. The van der Waals surface area contributed by atoms with Crippen LogP contribution in [0.3, 0.4) is 0 Å². The average molecular weight is 596 g/mol. The highest BCUT2D eigenvalue weighted by atomic mass is 79.9. The Hall–Kier alpha value is -3.20. The number of likely N-dealkylation sites (tertiary alicyclic amines) is 1. The van der Waals surface area contributed by atoms with Gasteiger partial charge in [0.15, 0.2) is 5.65 Å². The first-order valence-electron chi connectivity index (χ1n) is 13.7. The van der Waals surface area contributed by atoms with Crippen molar-refractivity contribution >= 4 is 44.4 Å². The lowest BCUT2D eigenvalue weighted by atomic mass is 10.0. The Labute approximate surface area is 237 Å². The van der Waals surface area contributed by atoms with Crippen LogP contribution in [0.4, 0.5) is 11.4 Å². The van der Waals surface area contributed by atoms with E-state index in [1.807, 2.05) is 42.3 Å². The molecule has 5 rings (SSSR count). The second kappa shape index (κ2) is 12.8. The SMILES string of the molecule is CCOCCN1CCN(c2ccc(-c3nc4c(NC5CCN(CCC#N)CC5)c(Br)cnc4[nH]3)cc2)CC1=O. The summed E-state index contributed by atoms with van der Waals surface area (Å²) in [7, 11) is 0. The van der Waals surface area contributed by atoms with Crippen LogP contribution in [0.5, 0.6) is 0 Å². The number of ether oxygens (including phenoxy) is 1. The van der Waals surface area contributed by atoms with E-state index in [0.717, 1.165) is 77.4 Å². The van der Waals surface area contributed by atoms with Crippen LogP contribution >= 0.6 is 15.9 Å². The number of piperidine rings is 1. The van der Waals surface area contributed by atoms with Crippen molar-refractivity contribution in [2.24, 2.45) is 0 Å². The lowest BCUT2D eigenvalue weighted by Gasteiger charge is -2.35. The van der Waals surface area contributed by atoms with Gasteiger partial charge in [-0.15, -0.1) is 0 Å². The number of benzene rings is 1. The first kappa shape index (κ1) is 27.4. The van der Waals surface area contributed by atoms with Crippen LogP contribution in [-0.2, 0) is 9.53 Å². The molecular formula is C28H35BrN8O2. The first-order chi connectivity index (χ1) is 19.1. The monoisotopic (exact) mass is 594 g/mol. The Balaban J connectivity index is 1.25. The standard InChI is InChI=1S/C28H35BrN8O2/c1-2-39-17-16-36-14-15-37(19-24(36)38)22-6-4-20(5-7-22)27-33-26-25(23(29)18-31-28(26)34-27)32-21-8-12-35(13-9-21)11-3-10-30/h4-7,18,21H,2-3,8-9,11-17,19H2,1H3,(H2,31,32,33,34). The Bertz CT molecular complexity index is 1310. The van der Waals surface area contributed by atoms with Gasteiger partial charge in [-0.1, -0.05) is 0 Å². The second-order valence-corrected chi connectivity index (χ2v) is 10.8. The molecule has 2 fully saturated rings. The number of pyridine rings is 1. The molecule has 2 aliphatic rings. The Morgan fingerprint density at radius 1 is 1.18 bits per heavy atom. The quantitative estimate of drug-likeness (QED) is 0.340. The normalized spacial score (nSPS) is 17.1. The lowest BCUT2D eigenvalue weighted by molar-refractivity contribution is -0.131. The van der Waals surface area contributed by atoms with E-state index in [-0.39, 0.29) is 5.91 Å². The number of carbonyl (C=O) groups excluding carboxylic acids is 1. The fraction of sp³-hybridized carbons (Fsp3) is 0.500. The summed E-state index contributed by atoms with van der Waals surface area (Å²) in [6.45, 7) is 8.54. The number of halogens is 1. The molecule has 0 atom stereocenters. The number of hydrogen-bond acceptors (Lipinski definition) is 8. The fourth-order valence-corrected chi connectivity index (χ4v) is 5.64. The van der Waals surface area contributed by atoms with Crippen LogP contribution in [-0.4, -0.2) is 95.7 Å². The van der Waals surface area contributed by atoms with Gasteiger partial charge in [-0.3, -0.25) is 4.79 Å². The Morgan fingerprint density at radius 2 is 1.97 bits per heavy atom. The molecule has 11 heteroatoms. The zero-order valence-electron chi connectivity index (χ0n) is 22.3. The number of nitrogens with zero attached hydrogens (tertiary/aromatic N) is 6. The van der Waals surface area contributed by atoms with Gasteiger partial charge < -0.3 is 29.7 Å². The fourth-order valence-electron chi connectivity index (χ4n) is 5.23. The zero-order chi connectivity index (χ0) is 27.2. The predicted molar refractivity (Wildman–Crippen MR) is 156 cm³/mol. The van der Waals surface area contributed by atoms with Crippen molar-refractivity contribution in [3.8, 4) is 17.5 Å². The zero-order valence-corrected chi connectivity index (χ0v) is 23.9. The van der Waals surface area contributed by atoms with Crippen molar-refractivity contribution < 1.29 is 9.53 Å². The molecule has 0 radical (unpaired) electrons. The van der Waals surface area contributed by atoms with E-state index in [4.69, 9.17) is 15.0 Å². The van der Waals surface area contributed by atoms with E-state index in [2.05, 4.69) is 47.1 Å². The summed E-state index contributed by atoms with van der Waals surface area (Å²) in [5, 5.41) is 12.5. The second-order valence-electron chi connectivity index (χ2n) is 9.98. The van der Waals surface area contributed by atoms with Crippen molar-refractivity contribution in [1.29, 1.82) is 5.26 Å². The highest BCUT2D eigenvalue weighted by molar-refractivity contribution is 9.10. The number of carbonyl (C=O) groups is 1. The van der Waals surface area contributed by atoms with Gasteiger partial charge in [0.25, 0.3) is 0 Å². The highest BCUT2D eigenvalue weighted by Gasteiger charge is 2.24. The van der Waals surface area contributed by atoms with Crippen molar-refractivity contribution in [2.75, 3.05) is 69.2 Å². The van der Waals surface area contributed by atoms with E-state index >= 15 is 0 Å². The van der Waals surface area contributed by atoms with Crippen molar-refractivity contribution in [1.82, 2.24) is 24.8 Å². The molecule has 2 saturated heterocycles. The molecule has 4 heterocycles. The molecule has 1 aromatic carbocycles. The maximum Gasteiger partial charge on any atom is 0.242 e. The number of hydrogen-bond donors (Lipinski definition) is 2.